The highest BCUT2D eigenvalue weighted by molar-refractivity contribution is 5.84. The number of aromatic nitrogens is 1. The average molecular weight is 363 g/mol. The number of hydrogen-bond donors (Lipinski definition) is 2. The van der Waals surface area contributed by atoms with Crippen LogP contribution in [0.15, 0.2) is 53.3 Å². The molecule has 140 valence electrons. The van der Waals surface area contributed by atoms with Gasteiger partial charge in [0, 0.05) is 11.3 Å². The quantitative estimate of drug-likeness (QED) is 0.749. The van der Waals surface area contributed by atoms with Crippen molar-refractivity contribution in [3.63, 3.8) is 0 Å². The molecular weight excluding hydrogens is 336 g/mol. The Morgan fingerprint density at radius 1 is 1.19 bits per heavy atom. The van der Waals surface area contributed by atoms with Crippen LogP contribution in [0.5, 0.6) is 5.75 Å². The number of benzene rings is 2. The first-order valence-electron chi connectivity index (χ1n) is 9.77. The maximum absolute atomic E-state index is 13.5. The van der Waals surface area contributed by atoms with Crippen LogP contribution in [0.25, 0.3) is 22.2 Å². The number of aromatic amines is 1. The molecule has 2 aromatic carbocycles. The summed E-state index contributed by atoms with van der Waals surface area (Å²) >= 11 is 0. The number of piperidine rings is 1. The zero-order valence-corrected chi connectivity index (χ0v) is 16.0. The van der Waals surface area contributed by atoms with Crippen LogP contribution in [0, 0.1) is 5.92 Å². The molecule has 1 aliphatic rings. The van der Waals surface area contributed by atoms with Crippen molar-refractivity contribution in [1.82, 2.24) is 4.98 Å². The van der Waals surface area contributed by atoms with E-state index in [4.69, 9.17) is 4.74 Å². The van der Waals surface area contributed by atoms with E-state index in [1.165, 1.54) is 17.7 Å². The second-order valence-electron chi connectivity index (χ2n) is 7.71. The van der Waals surface area contributed by atoms with Gasteiger partial charge in [-0.25, -0.2) is 0 Å². The van der Waals surface area contributed by atoms with Gasteiger partial charge in [0.05, 0.1) is 37.0 Å². The molecule has 3 aromatic rings. The normalized spacial score (nSPS) is 19.9. The van der Waals surface area contributed by atoms with Crippen LogP contribution in [0.2, 0.25) is 0 Å². The first-order chi connectivity index (χ1) is 13.2. The van der Waals surface area contributed by atoms with Crippen molar-refractivity contribution in [2.24, 2.45) is 5.92 Å². The van der Waals surface area contributed by atoms with E-state index in [-0.39, 0.29) is 5.43 Å². The summed E-state index contributed by atoms with van der Waals surface area (Å²) in [4.78, 5) is 18.5. The first-order valence-corrected chi connectivity index (χ1v) is 9.77. The number of nitrogens with one attached hydrogen (secondary N) is 2. The lowest BCUT2D eigenvalue weighted by molar-refractivity contribution is -0.922. The number of likely N-dealkylation sites (tertiary alicyclic amines) is 1. The summed E-state index contributed by atoms with van der Waals surface area (Å²) in [6, 6.07) is 15.9. The molecule has 0 radical (unpaired) electrons. The molecule has 2 N–H and O–H groups in total. The lowest BCUT2D eigenvalue weighted by Crippen LogP contribution is -3.12. The molecule has 4 heteroatoms. The Morgan fingerprint density at radius 2 is 2.00 bits per heavy atom. The summed E-state index contributed by atoms with van der Waals surface area (Å²) < 4.78 is 5.34. The Bertz CT molecular complexity index is 994. The van der Waals surface area contributed by atoms with Gasteiger partial charge in [0.15, 0.2) is 5.43 Å². The highest BCUT2D eigenvalue weighted by Gasteiger charge is 2.24. The van der Waals surface area contributed by atoms with Crippen LogP contribution < -0.4 is 15.1 Å². The van der Waals surface area contributed by atoms with E-state index in [1.807, 2.05) is 36.4 Å². The number of ether oxygens (including phenoxy) is 1. The third kappa shape index (κ3) is 3.62. The Kier molecular flexibility index (Phi) is 4.99. The van der Waals surface area contributed by atoms with Crippen molar-refractivity contribution in [1.29, 1.82) is 0 Å². The van der Waals surface area contributed by atoms with Crippen molar-refractivity contribution in [3.8, 4) is 17.0 Å². The van der Waals surface area contributed by atoms with Crippen LogP contribution in [-0.4, -0.2) is 25.2 Å². The molecule has 27 heavy (non-hydrogen) atoms. The second kappa shape index (κ2) is 7.57. The summed E-state index contributed by atoms with van der Waals surface area (Å²) in [5.74, 6) is 1.43. The molecule has 0 bridgehead atoms. The molecule has 2 atom stereocenters. The van der Waals surface area contributed by atoms with E-state index in [1.54, 1.807) is 7.11 Å². The number of H-pyrrole nitrogens is 1. The van der Waals surface area contributed by atoms with E-state index in [2.05, 4.69) is 24.0 Å². The predicted molar refractivity (Wildman–Crippen MR) is 109 cm³/mol. The fourth-order valence-electron chi connectivity index (χ4n) is 4.26. The minimum Gasteiger partial charge on any atom is -0.497 e. The smallest absolute Gasteiger partial charge is 0.199 e. The van der Waals surface area contributed by atoms with Gasteiger partial charge in [-0.2, -0.15) is 0 Å². The fourth-order valence-corrected chi connectivity index (χ4v) is 4.26. The van der Waals surface area contributed by atoms with Crippen molar-refractivity contribution < 1.29 is 9.64 Å². The summed E-state index contributed by atoms with van der Waals surface area (Å²) in [5.41, 5.74) is 3.86. The predicted octanol–water partition coefficient (Wildman–Crippen LogP) is 3.02. The summed E-state index contributed by atoms with van der Waals surface area (Å²) in [5, 5.41) is 0.702. The summed E-state index contributed by atoms with van der Waals surface area (Å²) in [6.07, 6.45) is 2.52. The SMILES string of the molecule is COc1ccc2[nH]c(-c3ccccc3)c(C[NH+]3CCC[C@@H](C)C3)c(=O)c2c1. The van der Waals surface area contributed by atoms with Gasteiger partial charge < -0.3 is 14.6 Å². The zero-order valence-electron chi connectivity index (χ0n) is 16.0. The second-order valence-corrected chi connectivity index (χ2v) is 7.71. The number of rotatable bonds is 4. The molecule has 0 saturated carbocycles. The molecule has 0 amide bonds. The molecule has 1 fully saturated rings. The largest absolute Gasteiger partial charge is 0.497 e. The minimum atomic E-state index is 0.118. The molecule has 2 heterocycles. The fraction of sp³-hybridized carbons (Fsp3) is 0.348. The van der Waals surface area contributed by atoms with E-state index < -0.39 is 0 Å². The van der Waals surface area contributed by atoms with Gasteiger partial charge in [-0.3, -0.25) is 4.79 Å². The van der Waals surface area contributed by atoms with E-state index in [0.29, 0.717) is 17.1 Å². The Hall–Kier alpha value is -2.59. The Balaban J connectivity index is 1.87. The molecular formula is C23H27N2O2+. The number of pyridine rings is 1. The molecule has 1 unspecified atom stereocenters. The van der Waals surface area contributed by atoms with Gasteiger partial charge in [-0.05, 0) is 36.6 Å². The third-order valence-electron chi connectivity index (χ3n) is 5.66. The number of methoxy groups -OCH3 is 1. The Labute approximate surface area is 159 Å². The lowest BCUT2D eigenvalue weighted by Gasteiger charge is -2.28. The number of fused-ring (bicyclic) bond motifs is 1. The molecule has 0 aliphatic carbocycles. The van der Waals surface area contributed by atoms with Crippen molar-refractivity contribution in [2.75, 3.05) is 20.2 Å². The van der Waals surface area contributed by atoms with Crippen LogP contribution in [0.1, 0.15) is 25.3 Å². The van der Waals surface area contributed by atoms with Gasteiger partial charge in [-0.1, -0.05) is 37.3 Å². The molecule has 0 spiro atoms. The zero-order chi connectivity index (χ0) is 18.8. The van der Waals surface area contributed by atoms with Gasteiger partial charge >= 0.3 is 0 Å². The minimum absolute atomic E-state index is 0.118. The van der Waals surface area contributed by atoms with Gasteiger partial charge in [-0.15, -0.1) is 0 Å². The summed E-state index contributed by atoms with van der Waals surface area (Å²) in [6.45, 7) is 5.34. The van der Waals surface area contributed by atoms with Crippen LogP contribution in [0.3, 0.4) is 0 Å². The van der Waals surface area contributed by atoms with Gasteiger partial charge in [0.25, 0.3) is 0 Å². The first kappa shape index (κ1) is 17.8. The van der Waals surface area contributed by atoms with Crippen molar-refractivity contribution >= 4 is 10.9 Å². The molecule has 1 aliphatic heterocycles. The Morgan fingerprint density at radius 3 is 2.74 bits per heavy atom. The highest BCUT2D eigenvalue weighted by Crippen LogP contribution is 2.24. The molecule has 4 rings (SSSR count). The maximum atomic E-state index is 13.5. The van der Waals surface area contributed by atoms with E-state index in [9.17, 15) is 4.79 Å². The van der Waals surface area contributed by atoms with Crippen LogP contribution in [-0.2, 0) is 6.54 Å². The van der Waals surface area contributed by atoms with Crippen LogP contribution in [0.4, 0.5) is 0 Å². The monoisotopic (exact) mass is 363 g/mol. The maximum Gasteiger partial charge on any atom is 0.199 e. The van der Waals surface area contributed by atoms with Crippen molar-refractivity contribution in [3.05, 3.63) is 64.3 Å². The third-order valence-corrected chi connectivity index (χ3v) is 5.66. The lowest BCUT2D eigenvalue weighted by atomic mass is 9.98. The summed E-state index contributed by atoms with van der Waals surface area (Å²) in [7, 11) is 1.63. The van der Waals surface area contributed by atoms with Gasteiger partial charge in [0.2, 0.25) is 0 Å². The molecule has 4 nitrogen and oxygen atoms in total. The van der Waals surface area contributed by atoms with E-state index in [0.717, 1.165) is 42.0 Å². The van der Waals surface area contributed by atoms with E-state index >= 15 is 0 Å². The number of quaternary nitrogens is 1. The standard InChI is InChI=1S/C23H26N2O2/c1-16-7-6-12-25(14-16)15-20-22(17-8-4-3-5-9-17)24-21-11-10-18(27-2)13-19(21)23(20)26/h3-5,8-11,13,16H,6-7,12,14-15H2,1-2H3,(H,24,26)/p+1/t16-/m1/s1. The van der Waals surface area contributed by atoms with Crippen LogP contribution >= 0.6 is 0 Å². The average Bonchev–Trinajstić information content (AvgIpc) is 2.70. The van der Waals surface area contributed by atoms with Crippen molar-refractivity contribution in [2.45, 2.75) is 26.3 Å². The molecule has 1 saturated heterocycles. The highest BCUT2D eigenvalue weighted by atomic mass is 16.5. The topological polar surface area (TPSA) is 46.5 Å². The van der Waals surface area contributed by atoms with Gasteiger partial charge in [0.1, 0.15) is 12.3 Å². The molecule has 1 aromatic heterocycles. The number of hydrogen-bond acceptors (Lipinski definition) is 2.